The molecule has 1 heterocycles. The number of amides is 1. The maximum Gasteiger partial charge on any atom is 0.272 e. The molecule has 0 aliphatic heterocycles. The van der Waals surface area contributed by atoms with Gasteiger partial charge in [-0.25, -0.2) is 17.9 Å². The van der Waals surface area contributed by atoms with Crippen molar-refractivity contribution in [1.82, 2.24) is 15.1 Å². The number of carbonyl (C=O) groups is 1. The standard InChI is InChI=1S/C28H24F3N3O/c1-17(19-7-3-2-4-8-19)32-28(35)26-23-12-10-20(14-18-6-5-9-21(29)15-18)27(23)34(33-26)25-13-11-22(30)16-24(25)31/h2-9,11,13,15-17,20H,10,12,14H2,1H3,(H,32,35)/t17-,20?/m0/s1. The van der Waals surface area contributed by atoms with Gasteiger partial charge in [0.2, 0.25) is 0 Å². The van der Waals surface area contributed by atoms with Gasteiger partial charge in [-0.15, -0.1) is 0 Å². The highest BCUT2D eigenvalue weighted by Crippen LogP contribution is 2.39. The molecule has 1 amide bonds. The Kier molecular flexibility index (Phi) is 6.16. The Hall–Kier alpha value is -3.87. The number of aromatic nitrogens is 2. The molecule has 2 atom stereocenters. The second-order valence-electron chi connectivity index (χ2n) is 8.90. The molecule has 178 valence electrons. The fourth-order valence-electron chi connectivity index (χ4n) is 4.84. The molecule has 0 fully saturated rings. The number of carbonyl (C=O) groups excluding carboxylic acids is 1. The zero-order chi connectivity index (χ0) is 24.5. The van der Waals surface area contributed by atoms with Crippen LogP contribution in [0.1, 0.15) is 58.2 Å². The van der Waals surface area contributed by atoms with Gasteiger partial charge in [-0.3, -0.25) is 4.79 Å². The minimum Gasteiger partial charge on any atom is -0.344 e. The Balaban J connectivity index is 1.54. The molecule has 1 aliphatic carbocycles. The van der Waals surface area contributed by atoms with Gasteiger partial charge in [-0.1, -0.05) is 42.5 Å². The van der Waals surface area contributed by atoms with Crippen LogP contribution in [-0.4, -0.2) is 15.7 Å². The first-order valence-electron chi connectivity index (χ1n) is 11.6. The molecule has 4 nitrogen and oxygen atoms in total. The lowest BCUT2D eigenvalue weighted by Gasteiger charge is -2.15. The molecular formula is C28H24F3N3O. The smallest absolute Gasteiger partial charge is 0.272 e. The molecular weight excluding hydrogens is 451 g/mol. The predicted octanol–water partition coefficient (Wildman–Crippen LogP) is 6.05. The van der Waals surface area contributed by atoms with E-state index < -0.39 is 11.6 Å². The summed E-state index contributed by atoms with van der Waals surface area (Å²) in [6.07, 6.45) is 1.81. The van der Waals surface area contributed by atoms with Gasteiger partial charge in [-0.2, -0.15) is 5.10 Å². The molecule has 1 aliphatic rings. The van der Waals surface area contributed by atoms with Gasteiger partial charge >= 0.3 is 0 Å². The molecule has 0 saturated heterocycles. The Morgan fingerprint density at radius 2 is 1.80 bits per heavy atom. The van der Waals surface area contributed by atoms with Crippen molar-refractivity contribution in [2.24, 2.45) is 0 Å². The highest BCUT2D eigenvalue weighted by molar-refractivity contribution is 5.94. The van der Waals surface area contributed by atoms with E-state index in [0.29, 0.717) is 25.0 Å². The molecule has 1 aromatic heterocycles. The van der Waals surface area contributed by atoms with Crippen LogP contribution in [0, 0.1) is 17.5 Å². The van der Waals surface area contributed by atoms with Gasteiger partial charge in [0, 0.05) is 17.5 Å². The van der Waals surface area contributed by atoms with Crippen LogP contribution >= 0.6 is 0 Å². The van der Waals surface area contributed by atoms with Crippen LogP contribution < -0.4 is 5.32 Å². The van der Waals surface area contributed by atoms with Gasteiger partial charge in [0.15, 0.2) is 11.5 Å². The number of fused-ring (bicyclic) bond motifs is 1. The highest BCUT2D eigenvalue weighted by Gasteiger charge is 2.34. The molecule has 1 unspecified atom stereocenters. The molecule has 0 bridgehead atoms. The van der Waals surface area contributed by atoms with E-state index in [1.807, 2.05) is 43.3 Å². The van der Waals surface area contributed by atoms with Crippen LogP contribution in [0.4, 0.5) is 13.2 Å². The summed E-state index contributed by atoms with van der Waals surface area (Å²) in [7, 11) is 0. The summed E-state index contributed by atoms with van der Waals surface area (Å²) in [5.74, 6) is -2.24. The van der Waals surface area contributed by atoms with Crippen LogP contribution in [0.15, 0.2) is 72.8 Å². The van der Waals surface area contributed by atoms with Gasteiger partial charge in [0.1, 0.15) is 17.3 Å². The Morgan fingerprint density at radius 3 is 2.54 bits per heavy atom. The first-order chi connectivity index (χ1) is 16.9. The Bertz CT molecular complexity index is 1380. The summed E-state index contributed by atoms with van der Waals surface area (Å²) in [4.78, 5) is 13.3. The molecule has 0 spiro atoms. The second-order valence-corrected chi connectivity index (χ2v) is 8.90. The lowest BCUT2D eigenvalue weighted by molar-refractivity contribution is 0.0933. The Morgan fingerprint density at radius 1 is 1.03 bits per heavy atom. The first-order valence-corrected chi connectivity index (χ1v) is 11.6. The third-order valence-electron chi connectivity index (χ3n) is 6.52. The quantitative estimate of drug-likeness (QED) is 0.369. The largest absolute Gasteiger partial charge is 0.344 e. The van der Waals surface area contributed by atoms with Crippen molar-refractivity contribution in [3.8, 4) is 5.69 Å². The number of nitrogens with zero attached hydrogens (tertiary/aromatic N) is 2. The van der Waals surface area contributed by atoms with E-state index in [-0.39, 0.29) is 35.1 Å². The summed E-state index contributed by atoms with van der Waals surface area (Å²) in [6.45, 7) is 1.89. The minimum atomic E-state index is -0.767. The second kappa shape index (κ2) is 9.41. The molecule has 4 aromatic rings. The minimum absolute atomic E-state index is 0.0731. The number of hydrogen-bond donors (Lipinski definition) is 1. The molecule has 7 heteroatoms. The third kappa shape index (κ3) is 4.58. The first kappa shape index (κ1) is 22.9. The van der Waals surface area contributed by atoms with Crippen LogP contribution in [0.25, 0.3) is 5.69 Å². The molecule has 0 radical (unpaired) electrons. The monoisotopic (exact) mass is 475 g/mol. The average molecular weight is 476 g/mol. The van der Waals surface area contributed by atoms with E-state index in [1.165, 1.54) is 28.9 Å². The van der Waals surface area contributed by atoms with Crippen LogP contribution in [0.2, 0.25) is 0 Å². The van der Waals surface area contributed by atoms with Gasteiger partial charge < -0.3 is 5.32 Å². The third-order valence-corrected chi connectivity index (χ3v) is 6.52. The van der Waals surface area contributed by atoms with Crippen molar-refractivity contribution in [1.29, 1.82) is 0 Å². The number of rotatable bonds is 6. The molecule has 0 saturated carbocycles. The van der Waals surface area contributed by atoms with Crippen molar-refractivity contribution in [3.63, 3.8) is 0 Å². The van der Waals surface area contributed by atoms with E-state index in [1.54, 1.807) is 6.07 Å². The van der Waals surface area contributed by atoms with E-state index in [2.05, 4.69) is 10.4 Å². The van der Waals surface area contributed by atoms with Crippen LogP contribution in [0.3, 0.4) is 0 Å². The van der Waals surface area contributed by atoms with Crippen LogP contribution in [0.5, 0.6) is 0 Å². The lowest BCUT2D eigenvalue weighted by Crippen LogP contribution is -2.28. The lowest BCUT2D eigenvalue weighted by atomic mass is 9.97. The molecule has 3 aromatic carbocycles. The van der Waals surface area contributed by atoms with E-state index in [0.717, 1.165) is 22.8 Å². The Labute approximate surface area is 201 Å². The van der Waals surface area contributed by atoms with Crippen LogP contribution in [-0.2, 0) is 12.8 Å². The summed E-state index contributed by atoms with van der Waals surface area (Å²) in [6, 6.07) is 19.0. The van der Waals surface area contributed by atoms with Crippen molar-refractivity contribution < 1.29 is 18.0 Å². The van der Waals surface area contributed by atoms with Crippen molar-refractivity contribution in [2.75, 3.05) is 0 Å². The normalized spacial score (nSPS) is 15.6. The zero-order valence-electron chi connectivity index (χ0n) is 19.1. The molecule has 5 rings (SSSR count). The zero-order valence-corrected chi connectivity index (χ0v) is 19.1. The maximum absolute atomic E-state index is 14.8. The number of halogens is 3. The van der Waals surface area contributed by atoms with Crippen molar-refractivity contribution in [3.05, 3.63) is 118 Å². The van der Waals surface area contributed by atoms with Gasteiger partial charge in [0.05, 0.1) is 11.7 Å². The topological polar surface area (TPSA) is 46.9 Å². The number of nitrogens with one attached hydrogen (secondary N) is 1. The number of benzene rings is 3. The molecule has 35 heavy (non-hydrogen) atoms. The highest BCUT2D eigenvalue weighted by atomic mass is 19.1. The molecule has 1 N–H and O–H groups in total. The summed E-state index contributed by atoms with van der Waals surface area (Å²) < 4.78 is 43.6. The SMILES string of the molecule is C[C@H](NC(=O)c1nn(-c2ccc(F)cc2F)c2c1CCC2Cc1cccc(F)c1)c1ccccc1. The number of hydrogen-bond acceptors (Lipinski definition) is 2. The predicted molar refractivity (Wildman–Crippen MR) is 127 cm³/mol. The fourth-order valence-corrected chi connectivity index (χ4v) is 4.84. The van der Waals surface area contributed by atoms with Gasteiger partial charge in [-0.05, 0) is 61.6 Å². The average Bonchev–Trinajstić information content (AvgIpc) is 3.41. The van der Waals surface area contributed by atoms with E-state index >= 15 is 0 Å². The van der Waals surface area contributed by atoms with Gasteiger partial charge in [0.25, 0.3) is 5.91 Å². The summed E-state index contributed by atoms with van der Waals surface area (Å²) in [5.41, 5.74) is 3.51. The fraction of sp³-hybridized carbons (Fsp3) is 0.214. The summed E-state index contributed by atoms with van der Waals surface area (Å²) in [5, 5.41) is 7.50. The van der Waals surface area contributed by atoms with Crippen molar-refractivity contribution in [2.45, 2.75) is 38.1 Å². The van der Waals surface area contributed by atoms with E-state index in [4.69, 9.17) is 0 Å². The maximum atomic E-state index is 14.8. The summed E-state index contributed by atoms with van der Waals surface area (Å²) >= 11 is 0. The van der Waals surface area contributed by atoms with Crippen molar-refractivity contribution >= 4 is 5.91 Å². The van der Waals surface area contributed by atoms with E-state index in [9.17, 15) is 18.0 Å².